The highest BCUT2D eigenvalue weighted by Gasteiger charge is 2.42. The second-order valence-corrected chi connectivity index (χ2v) is 7.36. The van der Waals surface area contributed by atoms with E-state index in [1.165, 1.54) is 11.3 Å². The van der Waals surface area contributed by atoms with Gasteiger partial charge in [-0.15, -0.1) is 36.2 Å². The van der Waals surface area contributed by atoms with Gasteiger partial charge in [-0.05, 0) is 36.8 Å². The number of thiazole rings is 1. The fourth-order valence-corrected chi connectivity index (χ4v) is 4.57. The SMILES string of the molecule is Cl.Cl.NC1CCC2CN(C(=O)Cc3csc(-c4ccccn4)n3)CC12. The molecule has 1 aliphatic carbocycles. The van der Waals surface area contributed by atoms with Crippen molar-refractivity contribution in [2.75, 3.05) is 13.1 Å². The Morgan fingerprint density at radius 2 is 2.12 bits per heavy atom. The van der Waals surface area contributed by atoms with Gasteiger partial charge in [-0.25, -0.2) is 4.98 Å². The number of hydrogen-bond acceptors (Lipinski definition) is 5. The van der Waals surface area contributed by atoms with Crippen LogP contribution in [0.1, 0.15) is 18.5 Å². The molecular formula is C17H22Cl2N4OS. The minimum Gasteiger partial charge on any atom is -0.342 e. The molecule has 2 aliphatic rings. The standard InChI is InChI=1S/C17H20N4OS.2ClH/c18-14-5-4-11-8-21(9-13(11)14)16(22)7-12-10-23-17(20-12)15-3-1-2-6-19-15;;/h1-3,6,10-11,13-14H,4-5,7-9,18H2;2*1H. The number of rotatable bonds is 3. The lowest BCUT2D eigenvalue weighted by Gasteiger charge is -2.18. The molecule has 3 unspecified atom stereocenters. The summed E-state index contributed by atoms with van der Waals surface area (Å²) in [6.45, 7) is 1.69. The van der Waals surface area contributed by atoms with Crippen LogP contribution in [0.4, 0.5) is 0 Å². The van der Waals surface area contributed by atoms with E-state index >= 15 is 0 Å². The summed E-state index contributed by atoms with van der Waals surface area (Å²) < 4.78 is 0. The van der Waals surface area contributed by atoms with Gasteiger partial charge in [0.2, 0.25) is 5.91 Å². The number of amides is 1. The van der Waals surface area contributed by atoms with Crippen molar-refractivity contribution in [1.82, 2.24) is 14.9 Å². The molecular weight excluding hydrogens is 379 g/mol. The zero-order chi connectivity index (χ0) is 15.8. The Morgan fingerprint density at radius 3 is 2.84 bits per heavy atom. The van der Waals surface area contributed by atoms with Gasteiger partial charge in [-0.1, -0.05) is 6.07 Å². The molecule has 136 valence electrons. The summed E-state index contributed by atoms with van der Waals surface area (Å²) in [5, 5.41) is 2.83. The second kappa shape index (κ2) is 8.45. The van der Waals surface area contributed by atoms with Gasteiger partial charge < -0.3 is 10.6 Å². The van der Waals surface area contributed by atoms with Crippen molar-refractivity contribution >= 4 is 42.1 Å². The smallest absolute Gasteiger partial charge is 0.228 e. The molecule has 1 saturated carbocycles. The van der Waals surface area contributed by atoms with Crippen LogP contribution in [0.15, 0.2) is 29.8 Å². The molecule has 8 heteroatoms. The van der Waals surface area contributed by atoms with E-state index in [-0.39, 0.29) is 36.8 Å². The maximum absolute atomic E-state index is 12.5. The van der Waals surface area contributed by atoms with Gasteiger partial charge in [-0.2, -0.15) is 0 Å². The lowest BCUT2D eigenvalue weighted by Crippen LogP contribution is -2.34. The molecule has 25 heavy (non-hydrogen) atoms. The van der Waals surface area contributed by atoms with Crippen LogP contribution in [0.25, 0.3) is 10.7 Å². The quantitative estimate of drug-likeness (QED) is 0.859. The van der Waals surface area contributed by atoms with Gasteiger partial charge in [0.25, 0.3) is 0 Å². The summed E-state index contributed by atoms with van der Waals surface area (Å²) in [5.74, 6) is 1.27. The Kier molecular flexibility index (Phi) is 6.79. The number of carbonyl (C=O) groups is 1. The number of halogens is 2. The number of nitrogens with two attached hydrogens (primary N) is 1. The van der Waals surface area contributed by atoms with Crippen LogP contribution in [-0.4, -0.2) is 39.9 Å². The molecule has 4 rings (SSSR count). The molecule has 5 nitrogen and oxygen atoms in total. The Hall–Kier alpha value is -1.21. The topological polar surface area (TPSA) is 72.1 Å². The number of fused-ring (bicyclic) bond motifs is 1. The number of hydrogen-bond donors (Lipinski definition) is 1. The highest BCUT2D eigenvalue weighted by atomic mass is 35.5. The maximum Gasteiger partial charge on any atom is 0.228 e. The van der Waals surface area contributed by atoms with E-state index in [1.54, 1.807) is 6.20 Å². The fraction of sp³-hybridized carbons (Fsp3) is 0.471. The van der Waals surface area contributed by atoms with Crippen molar-refractivity contribution < 1.29 is 4.79 Å². The highest BCUT2D eigenvalue weighted by molar-refractivity contribution is 7.13. The minimum atomic E-state index is 0. The Labute approximate surface area is 163 Å². The molecule has 2 fully saturated rings. The fourth-order valence-electron chi connectivity index (χ4n) is 3.77. The molecule has 1 amide bonds. The number of likely N-dealkylation sites (tertiary alicyclic amines) is 1. The van der Waals surface area contributed by atoms with Gasteiger partial charge >= 0.3 is 0 Å². The van der Waals surface area contributed by atoms with Crippen LogP contribution in [-0.2, 0) is 11.2 Å². The van der Waals surface area contributed by atoms with E-state index < -0.39 is 0 Å². The Bertz CT molecular complexity index is 712. The Morgan fingerprint density at radius 1 is 1.28 bits per heavy atom. The van der Waals surface area contributed by atoms with Gasteiger partial charge in [0.15, 0.2) is 0 Å². The summed E-state index contributed by atoms with van der Waals surface area (Å²) in [5.41, 5.74) is 7.84. The van der Waals surface area contributed by atoms with Crippen molar-refractivity contribution in [1.29, 1.82) is 0 Å². The molecule has 2 N–H and O–H groups in total. The molecule has 0 spiro atoms. The third kappa shape index (κ3) is 4.14. The summed E-state index contributed by atoms with van der Waals surface area (Å²) in [6, 6.07) is 6.04. The summed E-state index contributed by atoms with van der Waals surface area (Å²) in [4.78, 5) is 23.4. The monoisotopic (exact) mass is 400 g/mol. The van der Waals surface area contributed by atoms with Crippen LogP contribution in [0.5, 0.6) is 0 Å². The normalized spacial score (nSPS) is 24.4. The first-order valence-corrected chi connectivity index (χ1v) is 8.98. The van der Waals surface area contributed by atoms with E-state index in [1.807, 2.05) is 28.5 Å². The van der Waals surface area contributed by atoms with Gasteiger partial charge in [0.1, 0.15) is 5.01 Å². The van der Waals surface area contributed by atoms with Gasteiger partial charge in [-0.3, -0.25) is 9.78 Å². The van der Waals surface area contributed by atoms with Gasteiger partial charge in [0.05, 0.1) is 17.8 Å². The molecule has 3 atom stereocenters. The summed E-state index contributed by atoms with van der Waals surface area (Å²) >= 11 is 1.54. The third-order valence-corrected chi connectivity index (χ3v) is 5.95. The van der Waals surface area contributed by atoms with E-state index in [0.29, 0.717) is 18.3 Å². The lowest BCUT2D eigenvalue weighted by molar-refractivity contribution is -0.129. The second-order valence-electron chi connectivity index (χ2n) is 6.50. The molecule has 0 radical (unpaired) electrons. The van der Waals surface area contributed by atoms with Crippen LogP contribution in [0, 0.1) is 11.8 Å². The number of carbonyl (C=O) groups excluding carboxylic acids is 1. The molecule has 3 heterocycles. The third-order valence-electron chi connectivity index (χ3n) is 5.03. The first-order valence-electron chi connectivity index (χ1n) is 8.10. The summed E-state index contributed by atoms with van der Waals surface area (Å²) in [6.07, 6.45) is 4.40. The Balaban J connectivity index is 0.00000113. The zero-order valence-corrected chi connectivity index (χ0v) is 16.2. The van der Waals surface area contributed by atoms with E-state index in [9.17, 15) is 4.79 Å². The first kappa shape index (κ1) is 20.1. The molecule has 2 aromatic heterocycles. The summed E-state index contributed by atoms with van der Waals surface area (Å²) in [7, 11) is 0. The highest BCUT2D eigenvalue weighted by Crippen LogP contribution is 2.37. The first-order chi connectivity index (χ1) is 11.2. The van der Waals surface area contributed by atoms with Crippen LogP contribution in [0.3, 0.4) is 0 Å². The zero-order valence-electron chi connectivity index (χ0n) is 13.7. The maximum atomic E-state index is 12.5. The number of nitrogens with zero attached hydrogens (tertiary/aromatic N) is 3. The number of pyridine rings is 1. The molecule has 2 aromatic rings. The van der Waals surface area contributed by atoms with E-state index in [4.69, 9.17) is 5.73 Å². The van der Waals surface area contributed by atoms with Crippen LogP contribution in [0.2, 0.25) is 0 Å². The van der Waals surface area contributed by atoms with Crippen LogP contribution < -0.4 is 5.73 Å². The van der Waals surface area contributed by atoms with Crippen molar-refractivity contribution in [2.24, 2.45) is 17.6 Å². The molecule has 1 saturated heterocycles. The molecule has 1 aliphatic heterocycles. The molecule has 0 aromatic carbocycles. The van der Waals surface area contributed by atoms with Gasteiger partial charge in [0, 0.05) is 30.7 Å². The van der Waals surface area contributed by atoms with E-state index in [2.05, 4.69) is 9.97 Å². The van der Waals surface area contributed by atoms with Crippen LogP contribution >= 0.6 is 36.2 Å². The average molecular weight is 401 g/mol. The van der Waals surface area contributed by atoms with Crippen molar-refractivity contribution in [3.8, 4) is 10.7 Å². The predicted molar refractivity (Wildman–Crippen MR) is 104 cm³/mol. The molecule has 0 bridgehead atoms. The van der Waals surface area contributed by atoms with Crippen molar-refractivity contribution in [2.45, 2.75) is 25.3 Å². The van der Waals surface area contributed by atoms with E-state index in [0.717, 1.165) is 42.3 Å². The predicted octanol–water partition coefficient (Wildman–Crippen LogP) is 2.79. The lowest BCUT2D eigenvalue weighted by atomic mass is 9.98. The minimum absolute atomic E-state index is 0. The number of aromatic nitrogens is 2. The largest absolute Gasteiger partial charge is 0.342 e. The van der Waals surface area contributed by atoms with Crippen molar-refractivity contribution in [3.63, 3.8) is 0 Å². The van der Waals surface area contributed by atoms with Crippen molar-refractivity contribution in [3.05, 3.63) is 35.5 Å². The average Bonchev–Trinajstić information content (AvgIpc) is 3.26.